The first kappa shape index (κ1) is 18.9. The van der Waals surface area contributed by atoms with Crippen molar-refractivity contribution in [2.45, 2.75) is 26.8 Å². The van der Waals surface area contributed by atoms with Crippen molar-refractivity contribution in [3.63, 3.8) is 0 Å². The highest BCUT2D eigenvalue weighted by atomic mass is 32.1. The molecule has 0 aliphatic heterocycles. The summed E-state index contributed by atoms with van der Waals surface area (Å²) in [5.74, 6) is -2.28. The van der Waals surface area contributed by atoms with E-state index in [1.54, 1.807) is 48.2 Å². The Kier molecular flexibility index (Phi) is 6.94. The third kappa shape index (κ3) is 4.79. The van der Waals surface area contributed by atoms with E-state index >= 15 is 0 Å². The highest BCUT2D eigenvalue weighted by Crippen LogP contribution is 2.16. The van der Waals surface area contributed by atoms with Gasteiger partial charge in [-0.1, -0.05) is 0 Å². The molecule has 0 fully saturated rings. The van der Waals surface area contributed by atoms with Crippen LogP contribution in [0.3, 0.4) is 0 Å². The molecule has 0 saturated carbocycles. The lowest BCUT2D eigenvalue weighted by molar-refractivity contribution is -0.162. The number of aryl methyl sites for hydroxylation is 1. The van der Waals surface area contributed by atoms with Crippen LogP contribution in [0.2, 0.25) is 0 Å². The molecule has 0 aliphatic rings. The van der Waals surface area contributed by atoms with Crippen LogP contribution in [0.1, 0.15) is 36.3 Å². The van der Waals surface area contributed by atoms with E-state index in [9.17, 15) is 14.4 Å². The van der Waals surface area contributed by atoms with E-state index in [-0.39, 0.29) is 25.4 Å². The summed E-state index contributed by atoms with van der Waals surface area (Å²) in [6.07, 6.45) is 1.96. The van der Waals surface area contributed by atoms with Crippen molar-refractivity contribution < 1.29 is 23.9 Å². The molecular formula is C18H21NO5S. The quantitative estimate of drug-likeness (QED) is 0.389. The maximum Gasteiger partial charge on any atom is 0.320 e. The normalized spacial score (nSPS) is 10.7. The summed E-state index contributed by atoms with van der Waals surface area (Å²) in [5, 5.41) is 3.64. The number of carbonyl (C=O) groups is 3. The first-order valence-electron chi connectivity index (χ1n) is 8.13. The second kappa shape index (κ2) is 9.17. The van der Waals surface area contributed by atoms with Gasteiger partial charge in [0, 0.05) is 23.7 Å². The van der Waals surface area contributed by atoms with Crippen molar-refractivity contribution in [3.8, 4) is 0 Å². The summed E-state index contributed by atoms with van der Waals surface area (Å²) in [4.78, 5) is 36.6. The Hall–Kier alpha value is -2.41. The van der Waals surface area contributed by atoms with Crippen molar-refractivity contribution >= 4 is 29.1 Å². The maximum atomic E-state index is 12.5. The lowest BCUT2D eigenvalue weighted by Gasteiger charge is -2.15. The maximum absolute atomic E-state index is 12.5. The summed E-state index contributed by atoms with van der Waals surface area (Å²) < 4.78 is 11.7. The standard InChI is InChI=1S/C18H21NO5S/c1-3-23-17(21)14(18(22)24-4-2)7-10-19-9-5-6-15(19)16(20)13-8-11-25-12-13/h5-6,8-9,11-12,14H,3-4,7,10H2,1-2H3. The number of hydrogen-bond acceptors (Lipinski definition) is 6. The highest BCUT2D eigenvalue weighted by Gasteiger charge is 2.29. The predicted octanol–water partition coefficient (Wildman–Crippen LogP) is 2.91. The van der Waals surface area contributed by atoms with Crippen LogP contribution >= 0.6 is 11.3 Å². The first-order chi connectivity index (χ1) is 12.1. The van der Waals surface area contributed by atoms with Gasteiger partial charge in [-0.15, -0.1) is 0 Å². The highest BCUT2D eigenvalue weighted by molar-refractivity contribution is 7.08. The second-order valence-corrected chi connectivity index (χ2v) is 6.05. The Labute approximate surface area is 150 Å². The number of ketones is 1. The van der Waals surface area contributed by atoms with Crippen LogP contribution in [-0.4, -0.2) is 35.5 Å². The molecule has 0 radical (unpaired) electrons. The van der Waals surface area contributed by atoms with Crippen LogP contribution in [0, 0.1) is 5.92 Å². The number of rotatable bonds is 9. The minimum absolute atomic E-state index is 0.0879. The van der Waals surface area contributed by atoms with Gasteiger partial charge in [0.05, 0.1) is 18.9 Å². The van der Waals surface area contributed by atoms with Gasteiger partial charge in [-0.05, 0) is 43.8 Å². The van der Waals surface area contributed by atoms with Crippen molar-refractivity contribution in [1.82, 2.24) is 4.57 Å². The molecule has 0 N–H and O–H groups in total. The predicted molar refractivity (Wildman–Crippen MR) is 93.6 cm³/mol. The number of thiophene rings is 1. The Morgan fingerprint density at radius 3 is 2.36 bits per heavy atom. The van der Waals surface area contributed by atoms with Gasteiger partial charge in [-0.2, -0.15) is 11.3 Å². The minimum atomic E-state index is -0.994. The van der Waals surface area contributed by atoms with Gasteiger partial charge >= 0.3 is 11.9 Å². The van der Waals surface area contributed by atoms with Crippen molar-refractivity contribution in [1.29, 1.82) is 0 Å². The van der Waals surface area contributed by atoms with E-state index in [4.69, 9.17) is 9.47 Å². The monoisotopic (exact) mass is 363 g/mol. The van der Waals surface area contributed by atoms with Gasteiger partial charge in [0.2, 0.25) is 5.78 Å². The number of carbonyl (C=O) groups excluding carboxylic acids is 3. The van der Waals surface area contributed by atoms with E-state index in [2.05, 4.69) is 0 Å². The lowest BCUT2D eigenvalue weighted by atomic mass is 10.1. The van der Waals surface area contributed by atoms with Crippen LogP contribution < -0.4 is 0 Å². The fourth-order valence-electron chi connectivity index (χ4n) is 2.44. The van der Waals surface area contributed by atoms with E-state index in [1.165, 1.54) is 11.3 Å². The zero-order chi connectivity index (χ0) is 18.2. The molecule has 2 aromatic heterocycles. The van der Waals surface area contributed by atoms with Gasteiger partial charge in [-0.25, -0.2) is 0 Å². The summed E-state index contributed by atoms with van der Waals surface area (Å²) in [7, 11) is 0. The second-order valence-electron chi connectivity index (χ2n) is 5.27. The SMILES string of the molecule is CCOC(=O)C(CCn1cccc1C(=O)c1ccsc1)C(=O)OCC. The summed E-state index contributed by atoms with van der Waals surface area (Å²) in [6.45, 7) is 4.09. The van der Waals surface area contributed by atoms with E-state index in [0.717, 1.165) is 0 Å². The molecule has 0 spiro atoms. The topological polar surface area (TPSA) is 74.6 Å². The average molecular weight is 363 g/mol. The van der Waals surface area contributed by atoms with Crippen LogP contribution in [0.15, 0.2) is 35.2 Å². The molecule has 0 bridgehead atoms. The van der Waals surface area contributed by atoms with Crippen molar-refractivity contribution in [3.05, 3.63) is 46.4 Å². The number of ether oxygens (including phenoxy) is 2. The van der Waals surface area contributed by atoms with Gasteiger partial charge in [-0.3, -0.25) is 14.4 Å². The van der Waals surface area contributed by atoms with Gasteiger partial charge in [0.1, 0.15) is 0 Å². The first-order valence-corrected chi connectivity index (χ1v) is 9.08. The third-order valence-corrected chi connectivity index (χ3v) is 4.33. The fraction of sp³-hybridized carbons (Fsp3) is 0.389. The van der Waals surface area contributed by atoms with Gasteiger partial charge in [0.15, 0.2) is 5.92 Å². The molecule has 0 aromatic carbocycles. The molecule has 2 rings (SSSR count). The van der Waals surface area contributed by atoms with Crippen LogP contribution in [0.5, 0.6) is 0 Å². The number of hydrogen-bond donors (Lipinski definition) is 0. The molecule has 0 aliphatic carbocycles. The minimum Gasteiger partial charge on any atom is -0.465 e. The van der Waals surface area contributed by atoms with Crippen LogP contribution in [0.4, 0.5) is 0 Å². The number of aromatic nitrogens is 1. The largest absolute Gasteiger partial charge is 0.465 e. The third-order valence-electron chi connectivity index (χ3n) is 3.65. The van der Waals surface area contributed by atoms with E-state index in [0.29, 0.717) is 17.8 Å². The molecule has 2 aromatic rings. The molecule has 0 unspecified atom stereocenters. The Balaban J connectivity index is 2.10. The molecular weight excluding hydrogens is 342 g/mol. The molecule has 6 nitrogen and oxygen atoms in total. The molecule has 25 heavy (non-hydrogen) atoms. The van der Waals surface area contributed by atoms with E-state index in [1.807, 2.05) is 5.38 Å². The molecule has 7 heteroatoms. The van der Waals surface area contributed by atoms with Gasteiger partial charge in [0.25, 0.3) is 0 Å². The summed E-state index contributed by atoms with van der Waals surface area (Å²) in [5.41, 5.74) is 1.14. The molecule has 0 atom stereocenters. The summed E-state index contributed by atoms with van der Waals surface area (Å²) in [6, 6.07) is 5.26. The van der Waals surface area contributed by atoms with Crippen LogP contribution in [0.25, 0.3) is 0 Å². The molecule has 2 heterocycles. The zero-order valence-electron chi connectivity index (χ0n) is 14.3. The van der Waals surface area contributed by atoms with Crippen molar-refractivity contribution in [2.75, 3.05) is 13.2 Å². The van der Waals surface area contributed by atoms with E-state index < -0.39 is 17.9 Å². The zero-order valence-corrected chi connectivity index (χ0v) is 15.1. The molecule has 134 valence electrons. The average Bonchev–Trinajstić information content (AvgIpc) is 3.27. The fourth-order valence-corrected chi connectivity index (χ4v) is 3.08. The summed E-state index contributed by atoms with van der Waals surface area (Å²) >= 11 is 1.46. The van der Waals surface area contributed by atoms with Crippen LogP contribution in [-0.2, 0) is 25.6 Å². The lowest BCUT2D eigenvalue weighted by Crippen LogP contribution is -2.29. The Bertz CT molecular complexity index is 702. The number of nitrogens with zero attached hydrogens (tertiary/aromatic N) is 1. The van der Waals surface area contributed by atoms with Gasteiger partial charge < -0.3 is 14.0 Å². The smallest absolute Gasteiger partial charge is 0.320 e. The Morgan fingerprint density at radius 2 is 1.80 bits per heavy atom. The number of esters is 2. The molecule has 0 saturated heterocycles. The van der Waals surface area contributed by atoms with Crippen molar-refractivity contribution in [2.24, 2.45) is 5.92 Å². The molecule has 0 amide bonds. The Morgan fingerprint density at radius 1 is 1.12 bits per heavy atom.